The van der Waals surface area contributed by atoms with Gasteiger partial charge >= 0.3 is 0 Å². The Labute approximate surface area is 277 Å². The van der Waals surface area contributed by atoms with Crippen LogP contribution in [0.4, 0.5) is 0 Å². The van der Waals surface area contributed by atoms with E-state index >= 15 is 0 Å². The Bertz CT molecular complexity index is 1580. The van der Waals surface area contributed by atoms with Gasteiger partial charge in [0.2, 0.25) is 0 Å². The lowest BCUT2D eigenvalue weighted by Crippen LogP contribution is -2.29. The van der Waals surface area contributed by atoms with E-state index in [4.69, 9.17) is 23.9 Å². The fourth-order valence-electron chi connectivity index (χ4n) is 5.21. The second-order valence-electron chi connectivity index (χ2n) is 12.4. The SMILES string of the molecule is COc1ccc(CCN(Cc2ccc(C(C)(C)C)cc2)Cc2nc(C(=O)N(C)CCc3ccc(OC)c(OC)c3)cs2)cc1OC. The van der Waals surface area contributed by atoms with Gasteiger partial charge in [-0.2, -0.15) is 0 Å². The monoisotopic (exact) mass is 645 g/mol. The summed E-state index contributed by atoms with van der Waals surface area (Å²) >= 11 is 1.53. The first kappa shape index (κ1) is 34.8. The number of hydrogen-bond acceptors (Lipinski definition) is 8. The predicted octanol–water partition coefficient (Wildman–Crippen LogP) is 7.03. The van der Waals surface area contributed by atoms with Gasteiger partial charge in [-0.1, -0.05) is 57.2 Å². The molecule has 46 heavy (non-hydrogen) atoms. The lowest BCUT2D eigenvalue weighted by atomic mass is 9.87. The van der Waals surface area contributed by atoms with Gasteiger partial charge in [0.1, 0.15) is 10.7 Å². The first-order chi connectivity index (χ1) is 22.0. The molecule has 4 aromatic rings. The summed E-state index contributed by atoms with van der Waals surface area (Å²) in [5.74, 6) is 2.72. The topological polar surface area (TPSA) is 73.4 Å². The summed E-state index contributed by atoms with van der Waals surface area (Å²) in [4.78, 5) is 22.2. The maximum Gasteiger partial charge on any atom is 0.273 e. The van der Waals surface area contributed by atoms with E-state index < -0.39 is 0 Å². The fourth-order valence-corrected chi connectivity index (χ4v) is 6.02. The molecule has 0 aliphatic heterocycles. The predicted molar refractivity (Wildman–Crippen MR) is 185 cm³/mol. The summed E-state index contributed by atoms with van der Waals surface area (Å²) in [6.07, 6.45) is 1.52. The summed E-state index contributed by atoms with van der Waals surface area (Å²) in [6.45, 7) is 9.46. The van der Waals surface area contributed by atoms with Crippen molar-refractivity contribution in [2.75, 3.05) is 48.6 Å². The van der Waals surface area contributed by atoms with Gasteiger partial charge in [0, 0.05) is 32.1 Å². The molecule has 3 aromatic carbocycles. The van der Waals surface area contributed by atoms with E-state index in [9.17, 15) is 4.79 Å². The molecular weight excluding hydrogens is 598 g/mol. The zero-order chi connectivity index (χ0) is 33.3. The van der Waals surface area contributed by atoms with Crippen LogP contribution in [-0.4, -0.2) is 69.3 Å². The minimum absolute atomic E-state index is 0.0855. The zero-order valence-corrected chi connectivity index (χ0v) is 29.2. The molecule has 1 heterocycles. The number of benzene rings is 3. The van der Waals surface area contributed by atoms with Crippen LogP contribution < -0.4 is 18.9 Å². The van der Waals surface area contributed by atoms with Crippen LogP contribution in [0.5, 0.6) is 23.0 Å². The van der Waals surface area contributed by atoms with Crippen LogP contribution in [0.25, 0.3) is 0 Å². The average Bonchev–Trinajstić information content (AvgIpc) is 3.53. The fraction of sp³-hybridized carbons (Fsp3) is 0.405. The van der Waals surface area contributed by atoms with E-state index in [1.54, 1.807) is 33.3 Å². The lowest BCUT2D eigenvalue weighted by Gasteiger charge is -2.23. The molecule has 1 aromatic heterocycles. The smallest absolute Gasteiger partial charge is 0.273 e. The van der Waals surface area contributed by atoms with E-state index in [0.717, 1.165) is 47.1 Å². The molecule has 246 valence electrons. The second-order valence-corrected chi connectivity index (χ2v) is 13.3. The highest BCUT2D eigenvalue weighted by Crippen LogP contribution is 2.29. The van der Waals surface area contributed by atoms with Crippen LogP contribution in [0.1, 0.15) is 58.5 Å². The molecule has 0 bridgehead atoms. The highest BCUT2D eigenvalue weighted by molar-refractivity contribution is 7.09. The molecule has 0 radical (unpaired) electrons. The van der Waals surface area contributed by atoms with Crippen LogP contribution in [0.15, 0.2) is 66.0 Å². The third kappa shape index (κ3) is 9.23. The van der Waals surface area contributed by atoms with Crippen molar-refractivity contribution in [3.8, 4) is 23.0 Å². The van der Waals surface area contributed by atoms with Gasteiger partial charge in [0.15, 0.2) is 23.0 Å². The Morgan fingerprint density at radius 1 is 0.717 bits per heavy atom. The number of thiazole rings is 1. The van der Waals surface area contributed by atoms with E-state index in [1.807, 2.05) is 42.8 Å². The molecule has 0 N–H and O–H groups in total. The van der Waals surface area contributed by atoms with Crippen molar-refractivity contribution in [1.82, 2.24) is 14.8 Å². The molecule has 1 amide bonds. The molecule has 0 saturated carbocycles. The van der Waals surface area contributed by atoms with E-state index in [0.29, 0.717) is 36.7 Å². The zero-order valence-electron chi connectivity index (χ0n) is 28.4. The number of aromatic nitrogens is 1. The normalized spacial score (nSPS) is 11.4. The van der Waals surface area contributed by atoms with Crippen molar-refractivity contribution in [2.45, 2.75) is 52.1 Å². The van der Waals surface area contributed by atoms with Gasteiger partial charge < -0.3 is 23.8 Å². The summed E-state index contributed by atoms with van der Waals surface area (Å²) in [6, 6.07) is 20.8. The highest BCUT2D eigenvalue weighted by Gasteiger charge is 2.19. The quantitative estimate of drug-likeness (QED) is 0.137. The number of carbonyl (C=O) groups excluding carboxylic acids is 1. The Kier molecular flexibility index (Phi) is 12.1. The molecule has 0 saturated heterocycles. The number of likely N-dealkylation sites (N-methyl/N-ethyl adjacent to an activating group) is 1. The second kappa shape index (κ2) is 16.0. The molecule has 8 nitrogen and oxygen atoms in total. The lowest BCUT2D eigenvalue weighted by molar-refractivity contribution is 0.0791. The molecule has 0 atom stereocenters. The van der Waals surface area contributed by atoms with Crippen LogP contribution in [0.2, 0.25) is 0 Å². The molecule has 0 unspecified atom stereocenters. The Balaban J connectivity index is 1.44. The number of nitrogens with zero attached hydrogens (tertiary/aromatic N) is 3. The van der Waals surface area contributed by atoms with Crippen molar-refractivity contribution in [3.63, 3.8) is 0 Å². The molecular formula is C37H47N3O5S. The van der Waals surface area contributed by atoms with Crippen molar-refractivity contribution in [1.29, 1.82) is 0 Å². The number of hydrogen-bond donors (Lipinski definition) is 0. The Morgan fingerprint density at radius 2 is 1.24 bits per heavy atom. The molecule has 0 aliphatic carbocycles. The van der Waals surface area contributed by atoms with E-state index in [1.165, 1.54) is 22.5 Å². The van der Waals surface area contributed by atoms with E-state index in [-0.39, 0.29) is 11.3 Å². The first-order valence-electron chi connectivity index (χ1n) is 15.5. The maximum absolute atomic E-state index is 13.3. The summed E-state index contributed by atoms with van der Waals surface area (Å²) < 4.78 is 21.7. The van der Waals surface area contributed by atoms with Gasteiger partial charge in [0.05, 0.1) is 35.0 Å². The van der Waals surface area contributed by atoms with Crippen molar-refractivity contribution in [2.24, 2.45) is 0 Å². The summed E-state index contributed by atoms with van der Waals surface area (Å²) in [5.41, 5.74) is 5.36. The standard InChI is InChI=1S/C37H47N3O5S/c1-37(2,3)29-13-9-28(10-14-29)23-40(20-18-27-12-16-32(43-6)34(22-27)45-8)24-35-38-30(25-46-35)36(41)39(4)19-17-26-11-15-31(42-5)33(21-26)44-7/h9-16,21-22,25H,17-20,23-24H2,1-8H3. The third-order valence-electron chi connectivity index (χ3n) is 8.05. The largest absolute Gasteiger partial charge is 0.493 e. The Hall–Kier alpha value is -4.08. The molecule has 4 rings (SSSR count). The molecule has 0 spiro atoms. The van der Waals surface area contributed by atoms with Gasteiger partial charge in [-0.05, 0) is 64.8 Å². The number of methoxy groups -OCH3 is 4. The van der Waals surface area contributed by atoms with Crippen LogP contribution in [-0.2, 0) is 31.3 Å². The third-order valence-corrected chi connectivity index (χ3v) is 8.88. The summed E-state index contributed by atoms with van der Waals surface area (Å²) in [5, 5.41) is 2.78. The van der Waals surface area contributed by atoms with Crippen LogP contribution in [0.3, 0.4) is 0 Å². The minimum Gasteiger partial charge on any atom is -0.493 e. The van der Waals surface area contributed by atoms with Crippen LogP contribution in [0, 0.1) is 0 Å². The van der Waals surface area contributed by atoms with Crippen LogP contribution >= 0.6 is 11.3 Å². The Morgan fingerprint density at radius 3 is 1.76 bits per heavy atom. The van der Waals surface area contributed by atoms with Gasteiger partial charge in [0.25, 0.3) is 5.91 Å². The van der Waals surface area contributed by atoms with Crippen molar-refractivity contribution >= 4 is 17.2 Å². The summed E-state index contributed by atoms with van der Waals surface area (Å²) in [7, 11) is 8.36. The molecule has 9 heteroatoms. The van der Waals surface area contributed by atoms with Crippen molar-refractivity contribution in [3.05, 3.63) is 99.0 Å². The molecule has 0 aliphatic rings. The molecule has 0 fully saturated rings. The number of amides is 1. The maximum atomic E-state index is 13.3. The van der Waals surface area contributed by atoms with Gasteiger partial charge in [-0.15, -0.1) is 11.3 Å². The number of ether oxygens (including phenoxy) is 4. The first-order valence-corrected chi connectivity index (χ1v) is 16.4. The average molecular weight is 646 g/mol. The van der Waals surface area contributed by atoms with Gasteiger partial charge in [-0.3, -0.25) is 9.69 Å². The number of rotatable bonds is 15. The van der Waals surface area contributed by atoms with Crippen molar-refractivity contribution < 1.29 is 23.7 Å². The van der Waals surface area contributed by atoms with E-state index in [2.05, 4.69) is 56.0 Å². The van der Waals surface area contributed by atoms with Gasteiger partial charge in [-0.25, -0.2) is 4.98 Å². The minimum atomic E-state index is -0.0855. The highest BCUT2D eigenvalue weighted by atomic mass is 32.1. The number of carbonyl (C=O) groups is 1.